The summed E-state index contributed by atoms with van der Waals surface area (Å²) in [4.78, 5) is 26.6. The van der Waals surface area contributed by atoms with Gasteiger partial charge in [-0.1, -0.05) is 30.3 Å². The van der Waals surface area contributed by atoms with Crippen molar-refractivity contribution in [2.75, 3.05) is 25.1 Å². The van der Waals surface area contributed by atoms with E-state index in [1.165, 1.54) is 0 Å². The summed E-state index contributed by atoms with van der Waals surface area (Å²) in [6, 6.07) is 15.0. The minimum atomic E-state index is -0.718. The minimum Gasteiger partial charge on any atom is -0.494 e. The lowest BCUT2D eigenvalue weighted by Gasteiger charge is -2.34. The first-order valence-corrected chi connectivity index (χ1v) is 9.12. The van der Waals surface area contributed by atoms with Crippen LogP contribution in [0.15, 0.2) is 48.5 Å². The van der Waals surface area contributed by atoms with Crippen LogP contribution in [0.4, 0.5) is 5.69 Å². The number of ether oxygens (including phenoxy) is 2. The fourth-order valence-corrected chi connectivity index (χ4v) is 3.15. The molecule has 2 aromatic carbocycles. The van der Waals surface area contributed by atoms with Gasteiger partial charge < -0.3 is 19.7 Å². The van der Waals surface area contributed by atoms with Crippen LogP contribution in [0.5, 0.6) is 11.5 Å². The number of para-hydroxylation sites is 3. The quantitative estimate of drug-likeness (QED) is 0.851. The number of amides is 2. The maximum absolute atomic E-state index is 13.0. The summed E-state index contributed by atoms with van der Waals surface area (Å²) in [5, 5.41) is 2.59. The first kappa shape index (κ1) is 18.8. The van der Waals surface area contributed by atoms with Gasteiger partial charge in [-0.15, -0.1) is 0 Å². The van der Waals surface area contributed by atoms with Gasteiger partial charge in [0.25, 0.3) is 5.91 Å². The molecule has 142 valence electrons. The topological polar surface area (TPSA) is 67.9 Å². The molecule has 1 atom stereocenters. The average molecular weight is 368 g/mol. The molecule has 2 aromatic rings. The highest BCUT2D eigenvalue weighted by Gasteiger charge is 2.33. The van der Waals surface area contributed by atoms with Gasteiger partial charge in [0.15, 0.2) is 6.10 Å². The number of nitrogens with zero attached hydrogens (tertiary/aromatic N) is 1. The van der Waals surface area contributed by atoms with Gasteiger partial charge in [0, 0.05) is 13.5 Å². The normalized spacial score (nSPS) is 15.5. The third-order valence-electron chi connectivity index (χ3n) is 4.49. The lowest BCUT2D eigenvalue weighted by Crippen LogP contribution is -2.50. The maximum atomic E-state index is 13.0. The molecular weight excluding hydrogens is 344 g/mol. The van der Waals surface area contributed by atoms with Crippen molar-refractivity contribution in [3.8, 4) is 11.5 Å². The van der Waals surface area contributed by atoms with Crippen LogP contribution in [-0.4, -0.2) is 38.1 Å². The summed E-state index contributed by atoms with van der Waals surface area (Å²) in [5.41, 5.74) is 1.69. The first-order chi connectivity index (χ1) is 13.1. The lowest BCUT2D eigenvalue weighted by molar-refractivity contribution is -0.127. The van der Waals surface area contributed by atoms with Crippen LogP contribution in [0, 0.1) is 0 Å². The van der Waals surface area contributed by atoms with Crippen molar-refractivity contribution >= 4 is 17.5 Å². The van der Waals surface area contributed by atoms with Crippen molar-refractivity contribution in [1.29, 1.82) is 0 Å². The van der Waals surface area contributed by atoms with E-state index in [2.05, 4.69) is 5.32 Å². The van der Waals surface area contributed by atoms with Crippen molar-refractivity contribution in [2.45, 2.75) is 25.9 Å². The molecule has 2 amide bonds. The highest BCUT2D eigenvalue weighted by atomic mass is 16.5. The third kappa shape index (κ3) is 4.22. The zero-order valence-corrected chi connectivity index (χ0v) is 15.6. The van der Waals surface area contributed by atoms with Crippen LogP contribution in [-0.2, 0) is 16.0 Å². The van der Waals surface area contributed by atoms with E-state index in [0.717, 1.165) is 11.3 Å². The second-order valence-electron chi connectivity index (χ2n) is 6.23. The van der Waals surface area contributed by atoms with Crippen molar-refractivity contribution in [1.82, 2.24) is 5.32 Å². The number of benzene rings is 2. The van der Waals surface area contributed by atoms with E-state index in [4.69, 9.17) is 9.47 Å². The maximum Gasteiger partial charge on any atom is 0.262 e. The SMILES string of the molecule is CCOc1ccccc1CCC(=O)N1C[C@H](C(=O)NC)Oc2ccccc21. The standard InChI is InChI=1S/C21H24N2O4/c1-3-26-17-10-6-4-8-15(17)12-13-20(24)23-14-19(21(25)22-2)27-18-11-7-5-9-16(18)23/h4-11,19H,3,12-14H2,1-2H3,(H,22,25)/t19-/m1/s1. The number of fused-ring (bicyclic) bond motifs is 1. The Bertz CT molecular complexity index is 821. The fourth-order valence-electron chi connectivity index (χ4n) is 3.15. The lowest BCUT2D eigenvalue weighted by atomic mass is 10.1. The molecular formula is C21H24N2O4. The molecule has 0 aliphatic carbocycles. The molecule has 1 heterocycles. The Labute approximate surface area is 159 Å². The molecule has 1 N–H and O–H groups in total. The number of carbonyl (C=O) groups is 2. The number of nitrogens with one attached hydrogen (secondary N) is 1. The minimum absolute atomic E-state index is 0.0500. The molecule has 0 fully saturated rings. The Morgan fingerprint density at radius 3 is 2.70 bits per heavy atom. The summed E-state index contributed by atoms with van der Waals surface area (Å²) in [5.74, 6) is 1.05. The molecule has 0 unspecified atom stereocenters. The third-order valence-corrected chi connectivity index (χ3v) is 4.49. The molecule has 0 saturated carbocycles. The number of hydrogen-bond donors (Lipinski definition) is 1. The summed E-state index contributed by atoms with van der Waals surface area (Å²) in [6.45, 7) is 2.71. The highest BCUT2D eigenvalue weighted by Crippen LogP contribution is 2.33. The summed E-state index contributed by atoms with van der Waals surface area (Å²) >= 11 is 0. The molecule has 6 heteroatoms. The Hall–Kier alpha value is -3.02. The van der Waals surface area contributed by atoms with Crippen molar-refractivity contribution in [3.05, 3.63) is 54.1 Å². The van der Waals surface area contributed by atoms with Crippen molar-refractivity contribution in [3.63, 3.8) is 0 Å². The molecule has 6 nitrogen and oxygen atoms in total. The molecule has 0 aromatic heterocycles. The van der Waals surface area contributed by atoms with Crippen LogP contribution in [0.1, 0.15) is 18.9 Å². The summed E-state index contributed by atoms with van der Waals surface area (Å²) in [6.07, 6.45) is 0.169. The van der Waals surface area contributed by atoms with E-state index < -0.39 is 6.10 Å². The molecule has 1 aliphatic rings. The van der Waals surface area contributed by atoms with Crippen LogP contribution in [0.3, 0.4) is 0 Å². The number of likely N-dealkylation sites (N-methyl/N-ethyl adjacent to an activating group) is 1. The molecule has 3 rings (SSSR count). The Kier molecular flexibility index (Phi) is 5.96. The van der Waals surface area contributed by atoms with Crippen LogP contribution < -0.4 is 19.7 Å². The van der Waals surface area contributed by atoms with Gasteiger partial charge in [-0.3, -0.25) is 9.59 Å². The Balaban J connectivity index is 1.76. The van der Waals surface area contributed by atoms with Gasteiger partial charge in [-0.2, -0.15) is 0 Å². The number of hydrogen-bond acceptors (Lipinski definition) is 4. The van der Waals surface area contributed by atoms with E-state index in [1.807, 2.05) is 49.4 Å². The van der Waals surface area contributed by atoms with E-state index in [0.29, 0.717) is 30.9 Å². The van der Waals surface area contributed by atoms with Crippen molar-refractivity contribution < 1.29 is 19.1 Å². The molecule has 0 spiro atoms. The highest BCUT2D eigenvalue weighted by molar-refractivity contribution is 5.97. The van der Waals surface area contributed by atoms with Crippen LogP contribution >= 0.6 is 0 Å². The largest absolute Gasteiger partial charge is 0.494 e. The molecule has 0 radical (unpaired) electrons. The van der Waals surface area contributed by atoms with Gasteiger partial charge >= 0.3 is 0 Å². The van der Waals surface area contributed by atoms with Gasteiger partial charge in [-0.25, -0.2) is 0 Å². The Morgan fingerprint density at radius 2 is 1.93 bits per heavy atom. The van der Waals surface area contributed by atoms with E-state index in [1.54, 1.807) is 18.0 Å². The van der Waals surface area contributed by atoms with Crippen molar-refractivity contribution in [2.24, 2.45) is 0 Å². The zero-order valence-electron chi connectivity index (χ0n) is 15.6. The van der Waals surface area contributed by atoms with Gasteiger partial charge in [0.2, 0.25) is 5.91 Å². The van der Waals surface area contributed by atoms with E-state index in [9.17, 15) is 9.59 Å². The molecule has 0 saturated heterocycles. The molecule has 1 aliphatic heterocycles. The van der Waals surface area contributed by atoms with E-state index >= 15 is 0 Å². The molecule has 0 bridgehead atoms. The first-order valence-electron chi connectivity index (χ1n) is 9.12. The zero-order chi connectivity index (χ0) is 19.2. The predicted molar refractivity (Wildman–Crippen MR) is 103 cm³/mol. The van der Waals surface area contributed by atoms with Crippen LogP contribution in [0.25, 0.3) is 0 Å². The smallest absolute Gasteiger partial charge is 0.262 e. The summed E-state index contributed by atoms with van der Waals surface area (Å²) < 4.78 is 11.4. The van der Waals surface area contributed by atoms with Gasteiger partial charge in [0.05, 0.1) is 18.8 Å². The number of aryl methyl sites for hydroxylation is 1. The van der Waals surface area contributed by atoms with Gasteiger partial charge in [-0.05, 0) is 37.1 Å². The van der Waals surface area contributed by atoms with Crippen LogP contribution in [0.2, 0.25) is 0 Å². The second-order valence-corrected chi connectivity index (χ2v) is 6.23. The molecule has 27 heavy (non-hydrogen) atoms. The fraction of sp³-hybridized carbons (Fsp3) is 0.333. The van der Waals surface area contributed by atoms with Gasteiger partial charge in [0.1, 0.15) is 11.5 Å². The number of rotatable bonds is 6. The Morgan fingerprint density at radius 1 is 1.19 bits per heavy atom. The van der Waals surface area contributed by atoms with E-state index in [-0.39, 0.29) is 18.4 Å². The number of anilines is 1. The monoisotopic (exact) mass is 368 g/mol. The predicted octanol–water partition coefficient (Wildman–Crippen LogP) is 2.56. The second kappa shape index (κ2) is 8.58. The summed E-state index contributed by atoms with van der Waals surface area (Å²) in [7, 11) is 1.56. The average Bonchev–Trinajstić information content (AvgIpc) is 2.71. The number of carbonyl (C=O) groups excluding carboxylic acids is 2.